The summed E-state index contributed by atoms with van der Waals surface area (Å²) >= 11 is 0. The number of Topliss-reactive ketones (excluding diaryl/α,β-unsaturated/α-hetero) is 1. The Morgan fingerprint density at radius 1 is 1.09 bits per heavy atom. The lowest BCUT2D eigenvalue weighted by Crippen LogP contribution is -2.43. The van der Waals surface area contributed by atoms with E-state index < -0.39 is 58.9 Å². The summed E-state index contributed by atoms with van der Waals surface area (Å²) < 4.78 is 17.3. The Morgan fingerprint density at radius 2 is 1.69 bits per heavy atom. The Balaban J connectivity index is 1.87. The Hall–Kier alpha value is -1.77. The van der Waals surface area contributed by atoms with Crippen LogP contribution in [0.2, 0.25) is 0 Å². The van der Waals surface area contributed by atoms with Gasteiger partial charge in [-0.25, -0.2) is 0 Å². The molecule has 0 aromatic carbocycles. The summed E-state index contributed by atoms with van der Waals surface area (Å²) in [5.74, 6) is -2.82. The second-order valence-electron chi connectivity index (χ2n) is 10.9. The van der Waals surface area contributed by atoms with Crippen LogP contribution < -0.4 is 0 Å². The first kappa shape index (κ1) is 23.4. The standard InChI is InChI=1S/C24H34O8/c1-10-8-23-20(28)11(2)9-24(23,32-23)21(29)12(3)19(31-14(5)26)16-15(22(16,6)7)17(27)18(10)30-13(4)25/h8,11-12,15-20,27-28H,9H2,1-7H3/b10-8+/t11-,12+,15+,16-,17-,18+,19-,20-,23-,24-/m0/s1. The lowest BCUT2D eigenvalue weighted by Gasteiger charge is -2.27. The Morgan fingerprint density at radius 3 is 2.25 bits per heavy atom. The van der Waals surface area contributed by atoms with E-state index in [1.807, 2.05) is 20.8 Å². The van der Waals surface area contributed by atoms with E-state index in [2.05, 4.69) is 0 Å². The molecular weight excluding hydrogens is 416 g/mol. The Labute approximate surface area is 188 Å². The van der Waals surface area contributed by atoms with Gasteiger partial charge in [0.25, 0.3) is 0 Å². The van der Waals surface area contributed by atoms with Crippen LogP contribution in [0.1, 0.15) is 54.9 Å². The quantitative estimate of drug-likeness (QED) is 0.369. The molecule has 0 aromatic heterocycles. The number of epoxide rings is 1. The first-order valence-corrected chi connectivity index (χ1v) is 11.4. The van der Waals surface area contributed by atoms with Gasteiger partial charge in [0.05, 0.1) is 18.1 Å². The Kier molecular flexibility index (Phi) is 5.20. The van der Waals surface area contributed by atoms with Gasteiger partial charge in [-0.1, -0.05) is 27.7 Å². The van der Waals surface area contributed by atoms with E-state index >= 15 is 0 Å². The molecule has 3 fully saturated rings. The van der Waals surface area contributed by atoms with Crippen LogP contribution in [0.3, 0.4) is 0 Å². The number of ether oxygens (including phenoxy) is 3. The smallest absolute Gasteiger partial charge is 0.303 e. The maximum absolute atomic E-state index is 13.8. The highest BCUT2D eigenvalue weighted by atomic mass is 16.7. The number of hydrogen-bond donors (Lipinski definition) is 2. The Bertz CT molecular complexity index is 892. The molecule has 0 amide bonds. The van der Waals surface area contributed by atoms with Crippen molar-refractivity contribution in [1.29, 1.82) is 0 Å². The molecule has 4 rings (SSSR count). The van der Waals surface area contributed by atoms with Crippen LogP contribution in [0.15, 0.2) is 11.6 Å². The number of fused-ring (bicyclic) bond motifs is 1. The maximum Gasteiger partial charge on any atom is 0.303 e. The van der Waals surface area contributed by atoms with E-state index in [0.717, 1.165) is 0 Å². The molecule has 1 aliphatic heterocycles. The highest BCUT2D eigenvalue weighted by molar-refractivity contribution is 5.96. The average Bonchev–Trinajstić information content (AvgIpc) is 3.48. The molecule has 1 saturated heterocycles. The van der Waals surface area contributed by atoms with Crippen LogP contribution in [0.5, 0.6) is 0 Å². The number of hydrogen-bond acceptors (Lipinski definition) is 8. The highest BCUT2D eigenvalue weighted by Gasteiger charge is 2.82. The van der Waals surface area contributed by atoms with Crippen molar-refractivity contribution >= 4 is 17.7 Å². The van der Waals surface area contributed by atoms with Gasteiger partial charge in [-0.15, -0.1) is 0 Å². The average molecular weight is 451 g/mol. The normalized spacial score (nSPS) is 50.5. The molecule has 0 aromatic rings. The molecule has 0 spiro atoms. The second kappa shape index (κ2) is 7.11. The fraction of sp³-hybridized carbons (Fsp3) is 0.792. The fourth-order valence-corrected chi connectivity index (χ4v) is 6.74. The van der Waals surface area contributed by atoms with E-state index in [4.69, 9.17) is 14.2 Å². The SMILES string of the molecule is CC(=O)O[C@@H]1[C@@H]2[C@H]([C@H](O)[C@H](OC(C)=O)/C(C)=C/[C@@]34O[C@@]3(C[C@H](C)[C@@H]4O)C(=O)[C@@H]1C)C2(C)C. The molecule has 3 aliphatic carbocycles. The molecule has 32 heavy (non-hydrogen) atoms. The predicted octanol–water partition coefficient (Wildman–Crippen LogP) is 1.56. The van der Waals surface area contributed by atoms with Gasteiger partial charge in [0.15, 0.2) is 17.0 Å². The summed E-state index contributed by atoms with van der Waals surface area (Å²) in [4.78, 5) is 37.7. The molecule has 178 valence electrons. The molecule has 2 saturated carbocycles. The van der Waals surface area contributed by atoms with Gasteiger partial charge in [-0.2, -0.15) is 0 Å². The van der Waals surface area contributed by atoms with Crippen molar-refractivity contribution < 1.29 is 38.8 Å². The third kappa shape index (κ3) is 3.02. The van der Waals surface area contributed by atoms with Crippen molar-refractivity contribution in [3.63, 3.8) is 0 Å². The van der Waals surface area contributed by atoms with E-state index in [0.29, 0.717) is 12.0 Å². The summed E-state index contributed by atoms with van der Waals surface area (Å²) in [6, 6.07) is 0. The molecule has 10 atom stereocenters. The van der Waals surface area contributed by atoms with Crippen molar-refractivity contribution in [2.75, 3.05) is 0 Å². The van der Waals surface area contributed by atoms with Crippen molar-refractivity contribution in [3.8, 4) is 0 Å². The van der Waals surface area contributed by atoms with Gasteiger partial charge < -0.3 is 24.4 Å². The predicted molar refractivity (Wildman–Crippen MR) is 112 cm³/mol. The number of esters is 2. The molecule has 0 radical (unpaired) electrons. The van der Waals surface area contributed by atoms with Crippen molar-refractivity contribution in [3.05, 3.63) is 11.6 Å². The number of ketones is 1. The third-order valence-corrected chi connectivity index (χ3v) is 8.34. The molecule has 8 nitrogen and oxygen atoms in total. The maximum atomic E-state index is 13.8. The van der Waals surface area contributed by atoms with Crippen LogP contribution in [-0.4, -0.2) is 63.6 Å². The zero-order valence-electron chi connectivity index (χ0n) is 19.7. The van der Waals surface area contributed by atoms with Gasteiger partial charge in [0, 0.05) is 25.7 Å². The van der Waals surface area contributed by atoms with Gasteiger partial charge >= 0.3 is 11.9 Å². The third-order valence-electron chi connectivity index (χ3n) is 8.34. The van der Waals surface area contributed by atoms with Crippen LogP contribution >= 0.6 is 0 Å². The van der Waals surface area contributed by atoms with E-state index in [1.165, 1.54) is 13.8 Å². The number of aliphatic hydroxyl groups excluding tert-OH is 2. The summed E-state index contributed by atoms with van der Waals surface area (Å²) in [6.45, 7) is 11.8. The van der Waals surface area contributed by atoms with E-state index in [-0.39, 0.29) is 23.5 Å². The zero-order valence-corrected chi connectivity index (χ0v) is 19.7. The zero-order chi connectivity index (χ0) is 24.0. The first-order chi connectivity index (χ1) is 14.7. The summed E-state index contributed by atoms with van der Waals surface area (Å²) in [7, 11) is 0. The van der Waals surface area contributed by atoms with Crippen LogP contribution in [-0.2, 0) is 28.6 Å². The van der Waals surface area contributed by atoms with E-state index in [9.17, 15) is 24.6 Å². The van der Waals surface area contributed by atoms with Gasteiger partial charge in [-0.05, 0) is 36.3 Å². The number of aliphatic hydroxyl groups is 2. The number of rotatable bonds is 2. The summed E-state index contributed by atoms with van der Waals surface area (Å²) in [5.41, 5.74) is -2.40. The van der Waals surface area contributed by atoms with Gasteiger partial charge in [0.2, 0.25) is 0 Å². The molecule has 0 unspecified atom stereocenters. The molecule has 4 aliphatic rings. The minimum Gasteiger partial charge on any atom is -0.461 e. The lowest BCUT2D eigenvalue weighted by molar-refractivity contribution is -0.154. The minimum absolute atomic E-state index is 0.193. The summed E-state index contributed by atoms with van der Waals surface area (Å²) in [6.07, 6.45) is -1.74. The number of carbonyl (C=O) groups is 3. The van der Waals surface area contributed by atoms with Crippen molar-refractivity contribution in [2.24, 2.45) is 29.1 Å². The minimum atomic E-state index is -1.25. The largest absolute Gasteiger partial charge is 0.461 e. The molecule has 8 heteroatoms. The number of carbonyl (C=O) groups excluding carboxylic acids is 3. The molecule has 1 heterocycles. The topological polar surface area (TPSA) is 123 Å². The second-order valence-corrected chi connectivity index (χ2v) is 10.9. The van der Waals surface area contributed by atoms with Crippen molar-refractivity contribution in [2.45, 2.75) is 90.5 Å². The van der Waals surface area contributed by atoms with Crippen LogP contribution in [0.4, 0.5) is 0 Å². The molecule has 0 bridgehead atoms. The van der Waals surface area contributed by atoms with Crippen molar-refractivity contribution in [1.82, 2.24) is 0 Å². The fourth-order valence-electron chi connectivity index (χ4n) is 6.74. The first-order valence-electron chi connectivity index (χ1n) is 11.4. The lowest BCUT2D eigenvalue weighted by atomic mass is 9.80. The monoisotopic (exact) mass is 450 g/mol. The van der Waals surface area contributed by atoms with E-state index in [1.54, 1.807) is 19.9 Å². The van der Waals surface area contributed by atoms with Gasteiger partial charge in [0.1, 0.15) is 12.2 Å². The summed E-state index contributed by atoms with van der Waals surface area (Å²) in [5, 5.41) is 22.3. The molecular formula is C24H34O8. The van der Waals surface area contributed by atoms with Crippen LogP contribution in [0.25, 0.3) is 0 Å². The van der Waals surface area contributed by atoms with Crippen LogP contribution in [0, 0.1) is 29.1 Å². The van der Waals surface area contributed by atoms with Gasteiger partial charge in [-0.3, -0.25) is 14.4 Å². The highest BCUT2D eigenvalue weighted by Crippen LogP contribution is 2.68. The molecule has 2 N–H and O–H groups in total.